The minimum atomic E-state index is -0.237. The molecule has 0 aliphatic carbocycles. The summed E-state index contributed by atoms with van der Waals surface area (Å²) in [4.78, 5) is 24.1. The monoisotopic (exact) mass is 264 g/mol. The van der Waals surface area contributed by atoms with E-state index in [0.717, 1.165) is 11.1 Å². The van der Waals surface area contributed by atoms with Gasteiger partial charge in [-0.15, -0.1) is 0 Å². The third-order valence-corrected chi connectivity index (χ3v) is 3.05. The van der Waals surface area contributed by atoms with Gasteiger partial charge in [0.1, 0.15) is 0 Å². The lowest BCUT2D eigenvalue weighted by Crippen LogP contribution is -2.10. The third-order valence-electron chi connectivity index (χ3n) is 3.05. The Kier molecular flexibility index (Phi) is 4.26. The van der Waals surface area contributed by atoms with E-state index in [2.05, 4.69) is 0 Å². The highest BCUT2D eigenvalue weighted by molar-refractivity contribution is 6.28. The Morgan fingerprint density at radius 2 is 1.50 bits per heavy atom. The van der Waals surface area contributed by atoms with Crippen molar-refractivity contribution in [2.75, 3.05) is 0 Å². The van der Waals surface area contributed by atoms with Gasteiger partial charge < -0.3 is 0 Å². The van der Waals surface area contributed by atoms with E-state index in [1.165, 1.54) is 6.92 Å². The zero-order chi connectivity index (χ0) is 14.5. The molecule has 0 radical (unpaired) electrons. The molecule has 0 amide bonds. The van der Waals surface area contributed by atoms with E-state index in [9.17, 15) is 9.59 Å². The van der Waals surface area contributed by atoms with E-state index in [4.69, 9.17) is 0 Å². The van der Waals surface area contributed by atoms with Crippen LogP contribution in [0.5, 0.6) is 0 Å². The molecule has 100 valence electrons. The van der Waals surface area contributed by atoms with Gasteiger partial charge in [-0.2, -0.15) is 0 Å². The first-order chi connectivity index (χ1) is 9.58. The SMILES string of the molecule is CC(=O)/C(=C/c1ccc(C)cc1)C(=O)c1ccccc1. The predicted octanol–water partition coefficient (Wildman–Crippen LogP) is 3.85. The molecule has 20 heavy (non-hydrogen) atoms. The van der Waals surface area contributed by atoms with Crippen LogP contribution < -0.4 is 0 Å². The van der Waals surface area contributed by atoms with Crippen molar-refractivity contribution in [2.45, 2.75) is 13.8 Å². The maximum Gasteiger partial charge on any atom is 0.196 e. The average molecular weight is 264 g/mol. The molecule has 0 bridgehead atoms. The van der Waals surface area contributed by atoms with Gasteiger partial charge in [-0.1, -0.05) is 60.2 Å². The maximum atomic E-state index is 12.4. The van der Waals surface area contributed by atoms with E-state index >= 15 is 0 Å². The van der Waals surface area contributed by atoms with Crippen molar-refractivity contribution in [3.63, 3.8) is 0 Å². The van der Waals surface area contributed by atoms with Crippen LogP contribution in [0, 0.1) is 6.92 Å². The van der Waals surface area contributed by atoms with E-state index in [1.54, 1.807) is 30.3 Å². The molecule has 2 nitrogen and oxygen atoms in total. The van der Waals surface area contributed by atoms with Crippen LogP contribution in [0.4, 0.5) is 0 Å². The van der Waals surface area contributed by atoms with Crippen LogP contribution in [0.2, 0.25) is 0 Å². The summed E-state index contributed by atoms with van der Waals surface area (Å²) in [7, 11) is 0. The second-order valence-electron chi connectivity index (χ2n) is 4.72. The van der Waals surface area contributed by atoms with Gasteiger partial charge in [0, 0.05) is 5.56 Å². The summed E-state index contributed by atoms with van der Waals surface area (Å²) in [6.07, 6.45) is 1.65. The zero-order valence-electron chi connectivity index (χ0n) is 11.6. The fraction of sp³-hybridized carbons (Fsp3) is 0.111. The Morgan fingerprint density at radius 1 is 0.900 bits per heavy atom. The topological polar surface area (TPSA) is 34.1 Å². The molecule has 0 N–H and O–H groups in total. The summed E-state index contributed by atoms with van der Waals surface area (Å²) < 4.78 is 0. The second kappa shape index (κ2) is 6.11. The van der Waals surface area contributed by atoms with Crippen LogP contribution >= 0.6 is 0 Å². The standard InChI is InChI=1S/C18H16O2/c1-13-8-10-15(11-9-13)12-17(14(2)19)18(20)16-6-4-3-5-7-16/h3-12H,1-2H3/b17-12-. The van der Waals surface area contributed by atoms with Crippen LogP contribution in [-0.2, 0) is 4.79 Å². The highest BCUT2D eigenvalue weighted by Crippen LogP contribution is 2.14. The lowest BCUT2D eigenvalue weighted by atomic mass is 9.98. The van der Waals surface area contributed by atoms with Gasteiger partial charge in [-0.3, -0.25) is 9.59 Å². The molecule has 2 rings (SSSR count). The number of benzene rings is 2. The Labute approximate surface area is 118 Å². The number of hydrogen-bond acceptors (Lipinski definition) is 2. The smallest absolute Gasteiger partial charge is 0.196 e. The molecular formula is C18H16O2. The molecule has 0 spiro atoms. The molecule has 2 heteroatoms. The van der Waals surface area contributed by atoms with Gasteiger partial charge in [0.05, 0.1) is 5.57 Å². The van der Waals surface area contributed by atoms with Crippen molar-refractivity contribution in [2.24, 2.45) is 0 Å². The highest BCUT2D eigenvalue weighted by atomic mass is 16.1. The van der Waals surface area contributed by atoms with Crippen LogP contribution in [0.15, 0.2) is 60.2 Å². The molecule has 0 aliphatic rings. The normalized spacial score (nSPS) is 11.2. The number of Topliss-reactive ketones (excluding diaryl/α,β-unsaturated/α-hetero) is 2. The second-order valence-corrected chi connectivity index (χ2v) is 4.72. The van der Waals surface area contributed by atoms with Crippen molar-refractivity contribution in [1.29, 1.82) is 0 Å². The summed E-state index contributed by atoms with van der Waals surface area (Å²) in [5.74, 6) is -0.460. The first-order valence-electron chi connectivity index (χ1n) is 6.47. The first kappa shape index (κ1) is 13.9. The lowest BCUT2D eigenvalue weighted by Gasteiger charge is -2.04. The van der Waals surface area contributed by atoms with Gasteiger partial charge in [0.15, 0.2) is 11.6 Å². The molecule has 0 fully saturated rings. The quantitative estimate of drug-likeness (QED) is 0.364. The van der Waals surface area contributed by atoms with Crippen molar-refractivity contribution in [3.05, 3.63) is 76.9 Å². The number of carbonyl (C=O) groups excluding carboxylic acids is 2. The lowest BCUT2D eigenvalue weighted by molar-refractivity contribution is -0.113. The molecule has 0 aromatic heterocycles. The molecule has 0 saturated carbocycles. The largest absolute Gasteiger partial charge is 0.294 e. The number of allylic oxidation sites excluding steroid dienone is 1. The molecule has 0 heterocycles. The van der Waals surface area contributed by atoms with Crippen LogP contribution in [0.3, 0.4) is 0 Å². The van der Waals surface area contributed by atoms with Crippen molar-refractivity contribution < 1.29 is 9.59 Å². The van der Waals surface area contributed by atoms with Gasteiger partial charge in [-0.25, -0.2) is 0 Å². The molecule has 0 unspecified atom stereocenters. The van der Waals surface area contributed by atoms with E-state index in [0.29, 0.717) is 5.56 Å². The van der Waals surface area contributed by atoms with Crippen LogP contribution in [0.1, 0.15) is 28.4 Å². The van der Waals surface area contributed by atoms with Crippen molar-refractivity contribution in [3.8, 4) is 0 Å². The van der Waals surface area contributed by atoms with Crippen LogP contribution in [0.25, 0.3) is 6.08 Å². The van der Waals surface area contributed by atoms with Crippen LogP contribution in [-0.4, -0.2) is 11.6 Å². The Bertz CT molecular complexity index is 650. The fourth-order valence-corrected chi connectivity index (χ4v) is 1.90. The van der Waals surface area contributed by atoms with Crippen molar-refractivity contribution in [1.82, 2.24) is 0 Å². The van der Waals surface area contributed by atoms with Gasteiger partial charge in [0.2, 0.25) is 0 Å². The number of rotatable bonds is 4. The number of aryl methyl sites for hydroxylation is 1. The summed E-state index contributed by atoms with van der Waals surface area (Å²) in [6.45, 7) is 3.41. The Hall–Kier alpha value is -2.48. The minimum absolute atomic E-state index is 0.208. The van der Waals surface area contributed by atoms with Gasteiger partial charge >= 0.3 is 0 Å². The Morgan fingerprint density at radius 3 is 2.05 bits per heavy atom. The molecule has 0 atom stereocenters. The van der Waals surface area contributed by atoms with E-state index in [-0.39, 0.29) is 17.1 Å². The van der Waals surface area contributed by atoms with Gasteiger partial charge in [0.25, 0.3) is 0 Å². The summed E-state index contributed by atoms with van der Waals surface area (Å²) in [6, 6.07) is 16.6. The predicted molar refractivity (Wildman–Crippen MR) is 80.6 cm³/mol. The summed E-state index contributed by atoms with van der Waals surface area (Å²) in [5, 5.41) is 0. The Balaban J connectivity index is 2.39. The molecule has 0 saturated heterocycles. The first-order valence-corrected chi connectivity index (χ1v) is 6.47. The van der Waals surface area contributed by atoms with Crippen molar-refractivity contribution >= 4 is 17.6 Å². The van der Waals surface area contributed by atoms with Gasteiger partial charge in [-0.05, 0) is 25.5 Å². The molecular weight excluding hydrogens is 248 g/mol. The maximum absolute atomic E-state index is 12.4. The summed E-state index contributed by atoms with van der Waals surface area (Å²) in [5.41, 5.74) is 2.73. The number of hydrogen-bond donors (Lipinski definition) is 0. The van der Waals surface area contributed by atoms with E-state index in [1.807, 2.05) is 37.3 Å². The third kappa shape index (κ3) is 3.29. The molecule has 2 aromatic carbocycles. The minimum Gasteiger partial charge on any atom is -0.294 e. The molecule has 2 aromatic rings. The fourth-order valence-electron chi connectivity index (χ4n) is 1.90. The summed E-state index contributed by atoms with van der Waals surface area (Å²) >= 11 is 0. The van der Waals surface area contributed by atoms with E-state index < -0.39 is 0 Å². The highest BCUT2D eigenvalue weighted by Gasteiger charge is 2.16. The number of ketones is 2. The zero-order valence-corrected chi connectivity index (χ0v) is 11.6. The average Bonchev–Trinajstić information content (AvgIpc) is 2.46. The molecule has 0 aliphatic heterocycles. The number of carbonyl (C=O) groups is 2.